The highest BCUT2D eigenvalue weighted by molar-refractivity contribution is 6.51. The van der Waals surface area contributed by atoms with Crippen molar-refractivity contribution in [2.24, 2.45) is 0 Å². The van der Waals surface area contributed by atoms with Gasteiger partial charge in [0.2, 0.25) is 10.5 Å². The van der Waals surface area contributed by atoms with Gasteiger partial charge in [-0.05, 0) is 17.2 Å². The van der Waals surface area contributed by atoms with E-state index in [4.69, 9.17) is 4.12 Å². The maximum atomic E-state index is 12.0. The van der Waals surface area contributed by atoms with Crippen molar-refractivity contribution in [1.29, 1.82) is 0 Å². The van der Waals surface area contributed by atoms with Crippen LogP contribution < -0.4 is 5.19 Å². The third-order valence-corrected chi connectivity index (χ3v) is 2.97. The van der Waals surface area contributed by atoms with E-state index in [1.54, 1.807) is 24.3 Å². The van der Waals surface area contributed by atoms with Gasteiger partial charge in [0.25, 0.3) is 9.76 Å². The molecule has 5 radical (unpaired) electrons. The second kappa shape index (κ2) is 5.48. The molecule has 0 atom stereocenters. The predicted octanol–water partition coefficient (Wildman–Crippen LogP) is 1.53. The van der Waals surface area contributed by atoms with Crippen LogP contribution in [0.5, 0.6) is 0 Å². The normalized spacial score (nSPS) is 11.7. The van der Waals surface area contributed by atoms with Gasteiger partial charge in [-0.3, -0.25) is 0 Å². The van der Waals surface area contributed by atoms with Crippen molar-refractivity contribution >= 4 is 25.4 Å². The van der Waals surface area contributed by atoms with Crippen molar-refractivity contribution in [1.82, 2.24) is 0 Å². The fourth-order valence-electron chi connectivity index (χ4n) is 1.17. The van der Waals surface area contributed by atoms with Gasteiger partial charge in [-0.25, -0.2) is 0 Å². The van der Waals surface area contributed by atoms with Crippen molar-refractivity contribution in [3.63, 3.8) is 0 Å². The van der Waals surface area contributed by atoms with Crippen LogP contribution >= 0.6 is 0 Å². The van der Waals surface area contributed by atoms with Crippen molar-refractivity contribution < 1.29 is 17.3 Å². The summed E-state index contributed by atoms with van der Waals surface area (Å²) in [6.45, 7) is 0. The summed E-state index contributed by atoms with van der Waals surface area (Å²) < 4.78 is 40.8. The lowest BCUT2D eigenvalue weighted by Gasteiger charge is -2.09. The quantitative estimate of drug-likeness (QED) is 0.731. The molecule has 0 N–H and O–H groups in total. The van der Waals surface area contributed by atoms with Crippen molar-refractivity contribution in [2.45, 2.75) is 19.0 Å². The van der Waals surface area contributed by atoms with E-state index in [1.807, 2.05) is 0 Å². The van der Waals surface area contributed by atoms with Crippen LogP contribution in [0.25, 0.3) is 0 Å². The molecule has 6 heteroatoms. The standard InChI is InChI=1S/C9H8F3OSi2/c10-9(11,12)6-5-7-3-1-2-4-8(7)15-13-14/h1-4H,5-6H2. The molecular weight excluding hydrogens is 237 g/mol. The molecule has 0 aliphatic heterocycles. The maximum Gasteiger partial charge on any atom is 0.389 e. The van der Waals surface area contributed by atoms with E-state index in [0.717, 1.165) is 5.19 Å². The van der Waals surface area contributed by atoms with Gasteiger partial charge in [0.15, 0.2) is 0 Å². The highest BCUT2D eigenvalue weighted by Gasteiger charge is 2.26. The van der Waals surface area contributed by atoms with Crippen LogP contribution in [0.2, 0.25) is 0 Å². The summed E-state index contributed by atoms with van der Waals surface area (Å²) in [5, 5.41) is 0.803. The molecule has 0 aromatic heterocycles. The third-order valence-electron chi connectivity index (χ3n) is 1.86. The number of aryl methyl sites for hydroxylation is 1. The van der Waals surface area contributed by atoms with Gasteiger partial charge in [-0.1, -0.05) is 24.3 Å². The van der Waals surface area contributed by atoms with Crippen LogP contribution in [0, 0.1) is 0 Å². The van der Waals surface area contributed by atoms with Gasteiger partial charge in [0.1, 0.15) is 0 Å². The van der Waals surface area contributed by atoms with Gasteiger partial charge in [-0.2, -0.15) is 13.2 Å². The molecule has 1 aromatic carbocycles. The van der Waals surface area contributed by atoms with E-state index >= 15 is 0 Å². The fourth-order valence-corrected chi connectivity index (χ4v) is 2.11. The summed E-state index contributed by atoms with van der Waals surface area (Å²) in [6.07, 6.45) is -4.90. The Morgan fingerprint density at radius 3 is 2.53 bits per heavy atom. The Labute approximate surface area is 92.1 Å². The number of benzene rings is 1. The predicted molar refractivity (Wildman–Crippen MR) is 53.0 cm³/mol. The topological polar surface area (TPSA) is 9.23 Å². The van der Waals surface area contributed by atoms with E-state index in [2.05, 4.69) is 10.5 Å². The Bertz CT molecular complexity index is 314. The van der Waals surface area contributed by atoms with E-state index in [-0.39, 0.29) is 16.2 Å². The molecule has 1 rings (SSSR count). The summed E-state index contributed by atoms with van der Waals surface area (Å²) in [7, 11) is 2.87. The maximum absolute atomic E-state index is 12.0. The minimum atomic E-state index is -4.11. The summed E-state index contributed by atoms with van der Waals surface area (Å²) in [5.74, 6) is 0. The van der Waals surface area contributed by atoms with E-state index in [1.165, 1.54) is 0 Å². The zero-order chi connectivity index (χ0) is 11.3. The Balaban J connectivity index is 2.67. The number of alkyl halides is 3. The lowest BCUT2D eigenvalue weighted by Crippen LogP contribution is -2.22. The third kappa shape index (κ3) is 4.63. The summed E-state index contributed by atoms with van der Waals surface area (Å²) in [6, 6.07) is 6.97. The molecule has 0 bridgehead atoms. The van der Waals surface area contributed by atoms with Crippen molar-refractivity contribution in [3.8, 4) is 0 Å². The molecular formula is C9H8F3OSi2. The van der Waals surface area contributed by atoms with Gasteiger partial charge < -0.3 is 4.12 Å². The van der Waals surface area contributed by atoms with Crippen LogP contribution in [-0.2, 0) is 10.5 Å². The average Bonchev–Trinajstić information content (AvgIpc) is 2.16. The van der Waals surface area contributed by atoms with Gasteiger partial charge >= 0.3 is 6.18 Å². The first-order chi connectivity index (χ1) is 7.03. The Morgan fingerprint density at radius 1 is 1.27 bits per heavy atom. The first-order valence-corrected chi connectivity index (χ1v) is 5.58. The summed E-state index contributed by atoms with van der Waals surface area (Å²) in [5.41, 5.74) is 0.686. The minimum Gasteiger partial charge on any atom is -0.454 e. The van der Waals surface area contributed by atoms with E-state index < -0.39 is 12.6 Å². The Kier molecular flexibility index (Phi) is 4.55. The zero-order valence-electron chi connectivity index (χ0n) is 7.77. The molecule has 0 spiro atoms. The molecule has 15 heavy (non-hydrogen) atoms. The Morgan fingerprint density at radius 2 is 1.93 bits per heavy atom. The molecule has 0 unspecified atom stereocenters. The van der Waals surface area contributed by atoms with Gasteiger partial charge in [0.05, 0.1) is 0 Å². The molecule has 0 saturated heterocycles. The smallest absolute Gasteiger partial charge is 0.389 e. The Hall–Kier alpha value is -0.596. The number of hydrogen-bond donors (Lipinski definition) is 0. The first-order valence-electron chi connectivity index (χ1n) is 4.26. The number of rotatable bonds is 4. The van der Waals surface area contributed by atoms with Crippen LogP contribution in [0.1, 0.15) is 12.0 Å². The zero-order valence-corrected chi connectivity index (χ0v) is 9.77. The molecule has 0 amide bonds. The molecule has 0 aliphatic rings. The highest BCUT2D eigenvalue weighted by atomic mass is 28.3. The summed E-state index contributed by atoms with van der Waals surface area (Å²) in [4.78, 5) is 0. The second-order valence-electron chi connectivity index (χ2n) is 2.98. The van der Waals surface area contributed by atoms with Gasteiger partial charge in [-0.15, -0.1) is 0 Å². The number of halogens is 3. The van der Waals surface area contributed by atoms with Crippen LogP contribution in [0.4, 0.5) is 13.2 Å². The molecule has 1 nitrogen and oxygen atoms in total. The molecule has 79 valence electrons. The SMILES string of the molecule is FC(F)(F)CCc1ccccc1[Si]O[Si]. The molecule has 0 saturated carbocycles. The largest absolute Gasteiger partial charge is 0.454 e. The van der Waals surface area contributed by atoms with Crippen LogP contribution in [-0.4, -0.2) is 26.4 Å². The van der Waals surface area contributed by atoms with Gasteiger partial charge in [0, 0.05) is 6.42 Å². The van der Waals surface area contributed by atoms with Crippen molar-refractivity contribution in [2.75, 3.05) is 0 Å². The minimum absolute atomic E-state index is 0.00224. The molecule has 0 aliphatic carbocycles. The lowest BCUT2D eigenvalue weighted by molar-refractivity contribution is -0.133. The number of hydrogen-bond acceptors (Lipinski definition) is 1. The lowest BCUT2D eigenvalue weighted by atomic mass is 10.1. The second-order valence-corrected chi connectivity index (χ2v) is 4.54. The molecule has 0 fully saturated rings. The average molecular weight is 245 g/mol. The molecule has 1 aromatic rings. The van der Waals surface area contributed by atoms with Crippen molar-refractivity contribution in [3.05, 3.63) is 29.8 Å². The fraction of sp³-hybridized carbons (Fsp3) is 0.333. The van der Waals surface area contributed by atoms with E-state index in [9.17, 15) is 13.2 Å². The van der Waals surface area contributed by atoms with E-state index in [0.29, 0.717) is 5.56 Å². The summed E-state index contributed by atoms with van der Waals surface area (Å²) >= 11 is 0. The molecule has 0 heterocycles. The first kappa shape index (κ1) is 12.5. The van der Waals surface area contributed by atoms with Crippen LogP contribution in [0.3, 0.4) is 0 Å². The van der Waals surface area contributed by atoms with Crippen LogP contribution in [0.15, 0.2) is 24.3 Å². The highest BCUT2D eigenvalue weighted by Crippen LogP contribution is 2.21. The monoisotopic (exact) mass is 245 g/mol.